The van der Waals surface area contributed by atoms with Crippen molar-refractivity contribution >= 4 is 23.1 Å². The van der Waals surface area contributed by atoms with Crippen molar-refractivity contribution < 1.29 is 9.53 Å². The molecule has 25 heavy (non-hydrogen) atoms. The highest BCUT2D eigenvalue weighted by Crippen LogP contribution is 2.23. The zero-order chi connectivity index (χ0) is 17.5. The van der Waals surface area contributed by atoms with Crippen LogP contribution in [-0.2, 0) is 0 Å². The van der Waals surface area contributed by atoms with Crippen molar-refractivity contribution in [2.24, 2.45) is 0 Å². The lowest BCUT2D eigenvalue weighted by molar-refractivity contribution is 0.252. The highest BCUT2D eigenvalue weighted by Gasteiger charge is 2.12. The minimum Gasteiger partial charge on any atom is -0.497 e. The van der Waals surface area contributed by atoms with E-state index in [0.29, 0.717) is 11.4 Å². The van der Waals surface area contributed by atoms with Crippen LogP contribution >= 0.6 is 0 Å². The van der Waals surface area contributed by atoms with Gasteiger partial charge in [-0.25, -0.2) is 10.2 Å². The van der Waals surface area contributed by atoms with Gasteiger partial charge in [-0.1, -0.05) is 42.5 Å². The molecule has 2 N–H and O–H groups in total. The number of nitrogens with zero attached hydrogens (tertiary/aromatic N) is 1. The number of rotatable bonds is 5. The molecule has 0 radical (unpaired) electrons. The van der Waals surface area contributed by atoms with Gasteiger partial charge in [0, 0.05) is 11.8 Å². The summed E-state index contributed by atoms with van der Waals surface area (Å²) in [6.45, 7) is 0. The molecule has 0 aliphatic rings. The Kier molecular flexibility index (Phi) is 5.16. The van der Waals surface area contributed by atoms with Crippen LogP contribution in [0.25, 0.3) is 0 Å². The lowest BCUT2D eigenvalue weighted by Gasteiger charge is -2.25. The van der Waals surface area contributed by atoms with Crippen LogP contribution in [0.3, 0.4) is 0 Å². The maximum absolute atomic E-state index is 12.5. The second kappa shape index (κ2) is 7.88. The number of carbonyl (C=O) groups excluding carboxylic acids is 1. The highest BCUT2D eigenvalue weighted by atomic mass is 16.5. The van der Waals surface area contributed by atoms with E-state index in [1.807, 2.05) is 72.8 Å². The van der Waals surface area contributed by atoms with Gasteiger partial charge in [-0.05, 0) is 36.4 Å². The first-order valence-corrected chi connectivity index (χ1v) is 7.88. The van der Waals surface area contributed by atoms with E-state index in [1.54, 1.807) is 24.3 Å². The van der Waals surface area contributed by atoms with Crippen molar-refractivity contribution in [2.75, 3.05) is 17.4 Å². The predicted octanol–water partition coefficient (Wildman–Crippen LogP) is 4.57. The zero-order valence-electron chi connectivity index (χ0n) is 13.8. The van der Waals surface area contributed by atoms with E-state index in [9.17, 15) is 4.79 Å². The van der Waals surface area contributed by atoms with Crippen LogP contribution < -0.4 is 20.5 Å². The average Bonchev–Trinajstić information content (AvgIpc) is 2.67. The number of nitrogens with one attached hydrogen (secondary N) is 2. The Hall–Kier alpha value is -3.47. The van der Waals surface area contributed by atoms with Crippen LogP contribution in [0.1, 0.15) is 0 Å². The summed E-state index contributed by atoms with van der Waals surface area (Å²) in [5.41, 5.74) is 5.24. The van der Waals surface area contributed by atoms with Gasteiger partial charge in [0.05, 0.1) is 18.5 Å². The molecular weight excluding hydrogens is 314 g/mol. The number of hydrogen-bond acceptors (Lipinski definition) is 3. The summed E-state index contributed by atoms with van der Waals surface area (Å²) in [6.07, 6.45) is 0. The van der Waals surface area contributed by atoms with Gasteiger partial charge in [0.2, 0.25) is 0 Å². The number of benzene rings is 3. The van der Waals surface area contributed by atoms with Crippen molar-refractivity contribution in [3.05, 3.63) is 84.9 Å². The number of hydrogen-bond donors (Lipinski definition) is 2. The quantitative estimate of drug-likeness (QED) is 0.673. The van der Waals surface area contributed by atoms with Gasteiger partial charge in [-0.2, -0.15) is 0 Å². The molecule has 5 heteroatoms. The maximum Gasteiger partial charge on any atom is 0.338 e. The monoisotopic (exact) mass is 333 g/mol. The standard InChI is InChI=1S/C20H19N3O2/c1-25-19-14-8-9-16(15-19)21-20(24)22-23(17-10-4-2-5-11-17)18-12-6-3-7-13-18/h2-15H,1H3,(H2,21,22,24). The topological polar surface area (TPSA) is 53.6 Å². The first kappa shape index (κ1) is 16.4. The largest absolute Gasteiger partial charge is 0.497 e. The molecule has 0 saturated carbocycles. The number of carbonyl (C=O) groups is 1. The number of urea groups is 1. The number of ether oxygens (including phenoxy) is 1. The molecule has 0 saturated heterocycles. The molecule has 126 valence electrons. The Morgan fingerprint density at radius 2 is 1.44 bits per heavy atom. The third-order valence-corrected chi connectivity index (χ3v) is 3.57. The summed E-state index contributed by atoms with van der Waals surface area (Å²) in [5, 5.41) is 4.55. The molecule has 3 rings (SSSR count). The third kappa shape index (κ3) is 4.29. The van der Waals surface area contributed by atoms with E-state index < -0.39 is 0 Å². The summed E-state index contributed by atoms with van der Waals surface area (Å²) in [5.74, 6) is 0.681. The van der Waals surface area contributed by atoms with Gasteiger partial charge >= 0.3 is 6.03 Å². The molecule has 0 heterocycles. The zero-order valence-corrected chi connectivity index (χ0v) is 13.8. The number of amides is 2. The summed E-state index contributed by atoms with van der Waals surface area (Å²) < 4.78 is 5.17. The van der Waals surface area contributed by atoms with Crippen LogP contribution in [0.2, 0.25) is 0 Å². The second-order valence-corrected chi connectivity index (χ2v) is 5.30. The fraction of sp³-hybridized carbons (Fsp3) is 0.0500. The summed E-state index contributed by atoms with van der Waals surface area (Å²) in [4.78, 5) is 12.5. The molecule has 0 atom stereocenters. The smallest absolute Gasteiger partial charge is 0.338 e. The van der Waals surface area contributed by atoms with Crippen LogP contribution in [0, 0.1) is 0 Å². The summed E-state index contributed by atoms with van der Waals surface area (Å²) in [6, 6.07) is 26.1. The summed E-state index contributed by atoms with van der Waals surface area (Å²) >= 11 is 0. The van der Waals surface area contributed by atoms with Gasteiger partial charge in [0.1, 0.15) is 5.75 Å². The molecule has 2 amide bonds. The minimum atomic E-state index is -0.346. The molecule has 0 aliphatic carbocycles. The average molecular weight is 333 g/mol. The molecule has 0 aromatic heterocycles. The molecule has 0 bridgehead atoms. The second-order valence-electron chi connectivity index (χ2n) is 5.30. The number of anilines is 3. The van der Waals surface area contributed by atoms with Crippen molar-refractivity contribution in [3.63, 3.8) is 0 Å². The predicted molar refractivity (Wildman–Crippen MR) is 100 cm³/mol. The van der Waals surface area contributed by atoms with Crippen LogP contribution in [-0.4, -0.2) is 13.1 Å². The van der Waals surface area contributed by atoms with Gasteiger partial charge in [-0.3, -0.25) is 5.01 Å². The van der Waals surface area contributed by atoms with E-state index in [0.717, 1.165) is 11.4 Å². The maximum atomic E-state index is 12.5. The van der Waals surface area contributed by atoms with Crippen LogP contribution in [0.15, 0.2) is 84.9 Å². The Bertz CT molecular complexity index is 783. The van der Waals surface area contributed by atoms with Crippen LogP contribution in [0.4, 0.5) is 21.9 Å². The van der Waals surface area contributed by atoms with E-state index in [2.05, 4.69) is 10.7 Å². The molecule has 0 fully saturated rings. The normalized spacial score (nSPS) is 9.96. The Balaban J connectivity index is 1.79. The lowest BCUT2D eigenvalue weighted by Crippen LogP contribution is -2.41. The fourth-order valence-electron chi connectivity index (χ4n) is 2.39. The minimum absolute atomic E-state index is 0.346. The van der Waals surface area contributed by atoms with Gasteiger partial charge < -0.3 is 10.1 Å². The molecule has 0 spiro atoms. The Labute approximate surface area is 146 Å². The van der Waals surface area contributed by atoms with Gasteiger partial charge in [-0.15, -0.1) is 0 Å². The Morgan fingerprint density at radius 1 is 0.840 bits per heavy atom. The molecule has 0 unspecified atom stereocenters. The van der Waals surface area contributed by atoms with E-state index in [1.165, 1.54) is 0 Å². The first-order valence-electron chi connectivity index (χ1n) is 7.88. The van der Waals surface area contributed by atoms with E-state index in [-0.39, 0.29) is 6.03 Å². The van der Waals surface area contributed by atoms with Crippen molar-refractivity contribution in [2.45, 2.75) is 0 Å². The third-order valence-electron chi connectivity index (χ3n) is 3.57. The first-order chi connectivity index (χ1) is 12.3. The number of hydrazine groups is 1. The number of para-hydroxylation sites is 2. The Morgan fingerprint density at radius 3 is 2.00 bits per heavy atom. The molecule has 0 aliphatic heterocycles. The van der Waals surface area contributed by atoms with Gasteiger partial charge in [0.15, 0.2) is 0 Å². The van der Waals surface area contributed by atoms with Crippen molar-refractivity contribution in [3.8, 4) is 5.75 Å². The SMILES string of the molecule is COc1cccc(NC(=O)NN(c2ccccc2)c2ccccc2)c1. The van der Waals surface area contributed by atoms with Crippen molar-refractivity contribution in [1.82, 2.24) is 5.43 Å². The fourth-order valence-corrected chi connectivity index (χ4v) is 2.39. The lowest BCUT2D eigenvalue weighted by atomic mass is 10.2. The van der Waals surface area contributed by atoms with Crippen molar-refractivity contribution in [1.29, 1.82) is 0 Å². The number of methoxy groups -OCH3 is 1. The highest BCUT2D eigenvalue weighted by molar-refractivity contribution is 5.91. The summed E-state index contributed by atoms with van der Waals surface area (Å²) in [7, 11) is 1.59. The van der Waals surface area contributed by atoms with E-state index in [4.69, 9.17) is 4.74 Å². The molecular formula is C20H19N3O2. The van der Waals surface area contributed by atoms with E-state index >= 15 is 0 Å². The van der Waals surface area contributed by atoms with Gasteiger partial charge in [0.25, 0.3) is 0 Å². The van der Waals surface area contributed by atoms with Crippen LogP contribution in [0.5, 0.6) is 5.75 Å². The molecule has 3 aromatic rings. The molecule has 5 nitrogen and oxygen atoms in total. The molecule has 3 aromatic carbocycles.